The van der Waals surface area contributed by atoms with Crippen LogP contribution in [0.15, 0.2) is 47.5 Å². The zero-order valence-electron chi connectivity index (χ0n) is 24.7. The molecule has 0 spiro atoms. The lowest BCUT2D eigenvalue weighted by Gasteiger charge is -2.30. The van der Waals surface area contributed by atoms with Crippen LogP contribution < -0.4 is 22.1 Å². The van der Waals surface area contributed by atoms with E-state index in [1.165, 1.54) is 24.3 Å². The van der Waals surface area contributed by atoms with Crippen molar-refractivity contribution in [2.75, 3.05) is 10.6 Å². The van der Waals surface area contributed by atoms with Crippen LogP contribution in [-0.4, -0.2) is 73.3 Å². The van der Waals surface area contributed by atoms with Gasteiger partial charge in [0.2, 0.25) is 5.95 Å². The Labute approximate surface area is 266 Å². The lowest BCUT2D eigenvalue weighted by molar-refractivity contribution is -0.384. The molecule has 260 valence electrons. The van der Waals surface area contributed by atoms with Crippen LogP contribution in [0.3, 0.4) is 0 Å². The number of hydrogen-bond acceptors (Lipinski definition) is 9. The summed E-state index contributed by atoms with van der Waals surface area (Å²) in [5, 5.41) is 32.1. The van der Waals surface area contributed by atoms with Crippen LogP contribution in [0.25, 0.3) is 10.9 Å². The first-order chi connectivity index (χ1) is 22.2. The summed E-state index contributed by atoms with van der Waals surface area (Å²) >= 11 is 0. The lowest BCUT2D eigenvalue weighted by atomic mass is 9.90. The molecule has 48 heavy (non-hydrogen) atoms. The van der Waals surface area contributed by atoms with E-state index in [-0.39, 0.29) is 35.2 Å². The van der Waals surface area contributed by atoms with Gasteiger partial charge >= 0.3 is 24.3 Å². The number of rotatable bonds is 6. The molecule has 2 unspecified atom stereocenters. The van der Waals surface area contributed by atoms with Gasteiger partial charge in [-0.25, -0.2) is 19.6 Å². The number of nitro groups is 1. The molecule has 1 saturated carbocycles. The van der Waals surface area contributed by atoms with Crippen molar-refractivity contribution in [2.24, 2.45) is 16.5 Å². The number of carboxylic acids is 2. The number of nitrogens with two attached hydrogens (primary N) is 2. The first-order valence-electron chi connectivity index (χ1n) is 13.5. The number of aromatic nitrogens is 2. The average Bonchev–Trinajstić information content (AvgIpc) is 2.98. The Balaban J connectivity index is 0.000000479. The molecule has 1 aromatic heterocycles. The number of non-ortho nitro benzene ring substituents is 1. The highest BCUT2D eigenvalue weighted by Crippen LogP contribution is 2.29. The van der Waals surface area contributed by atoms with E-state index in [2.05, 4.69) is 25.6 Å². The summed E-state index contributed by atoms with van der Waals surface area (Å²) in [5.41, 5.74) is 13.2. The molecule has 1 aliphatic carbocycles. The SMILES string of the molecule is Cc1ccc2nc(NC(=O)c3ccc([N+](=O)[O-])cc3)nc(NC3CCCCC3N=C(N)N)c2c1.O=C(O)C(F)(F)F.O=C(O)C(F)(F)F. The number of fused-ring (bicyclic) bond motifs is 1. The van der Waals surface area contributed by atoms with Crippen LogP contribution in [0, 0.1) is 17.0 Å². The van der Waals surface area contributed by atoms with Gasteiger partial charge in [-0.15, -0.1) is 0 Å². The molecule has 0 saturated heterocycles. The zero-order valence-corrected chi connectivity index (χ0v) is 24.7. The molecule has 0 bridgehead atoms. The normalized spacial score (nSPS) is 15.8. The minimum Gasteiger partial charge on any atom is -0.475 e. The number of halogens is 6. The fourth-order valence-corrected chi connectivity index (χ4v) is 4.12. The number of nitrogens with one attached hydrogen (secondary N) is 2. The van der Waals surface area contributed by atoms with Crippen LogP contribution in [0.4, 0.5) is 43.8 Å². The summed E-state index contributed by atoms with van der Waals surface area (Å²) in [5.74, 6) is -5.23. The van der Waals surface area contributed by atoms with Crippen molar-refractivity contribution in [3.8, 4) is 0 Å². The van der Waals surface area contributed by atoms with Crippen molar-refractivity contribution in [2.45, 2.75) is 57.0 Å². The Bertz CT molecular complexity index is 1640. The molecule has 0 radical (unpaired) electrons. The van der Waals surface area contributed by atoms with Crippen LogP contribution >= 0.6 is 0 Å². The third kappa shape index (κ3) is 11.9. The number of carboxylic acid groups (broad SMARTS) is 2. The second kappa shape index (κ2) is 16.2. The number of carbonyl (C=O) groups excluding carboxylic acids is 1. The zero-order chi connectivity index (χ0) is 36.4. The van der Waals surface area contributed by atoms with Crippen molar-refractivity contribution in [3.05, 3.63) is 63.7 Å². The molecule has 1 fully saturated rings. The van der Waals surface area contributed by atoms with E-state index in [4.69, 9.17) is 31.3 Å². The second-order valence-electron chi connectivity index (χ2n) is 9.94. The van der Waals surface area contributed by atoms with Crippen LogP contribution in [0.1, 0.15) is 41.6 Å². The van der Waals surface area contributed by atoms with Gasteiger partial charge < -0.3 is 27.0 Å². The van der Waals surface area contributed by atoms with Gasteiger partial charge in [0.15, 0.2) is 5.96 Å². The number of nitro benzene ring substituents is 1. The Hall–Kier alpha value is -5.76. The smallest absolute Gasteiger partial charge is 0.475 e. The van der Waals surface area contributed by atoms with Gasteiger partial charge in [0.25, 0.3) is 11.6 Å². The molecule has 1 aliphatic rings. The Kier molecular flexibility index (Phi) is 13.0. The van der Waals surface area contributed by atoms with Gasteiger partial charge in [-0.3, -0.25) is 20.2 Å². The lowest BCUT2D eigenvalue weighted by Crippen LogP contribution is -2.38. The van der Waals surface area contributed by atoms with E-state index in [0.717, 1.165) is 36.6 Å². The first kappa shape index (κ1) is 38.4. The Morgan fingerprint density at radius 2 is 1.48 bits per heavy atom. The summed E-state index contributed by atoms with van der Waals surface area (Å²) < 4.78 is 63.5. The van der Waals surface area contributed by atoms with Gasteiger partial charge in [-0.2, -0.15) is 31.3 Å². The first-order valence-corrected chi connectivity index (χ1v) is 13.5. The van der Waals surface area contributed by atoms with Crippen LogP contribution in [0.5, 0.6) is 0 Å². The monoisotopic (exact) mass is 690 g/mol. The van der Waals surface area contributed by atoms with Gasteiger partial charge in [0.05, 0.1) is 22.5 Å². The van der Waals surface area contributed by atoms with E-state index < -0.39 is 35.1 Å². The van der Waals surface area contributed by atoms with E-state index in [0.29, 0.717) is 11.3 Å². The molecular weight excluding hydrogens is 662 g/mol. The molecule has 15 nitrogen and oxygen atoms in total. The molecule has 3 aromatic rings. The van der Waals surface area contributed by atoms with E-state index in [1.807, 2.05) is 25.1 Å². The number of aryl methyl sites for hydroxylation is 1. The summed E-state index contributed by atoms with van der Waals surface area (Å²) in [4.78, 5) is 54.3. The Morgan fingerprint density at radius 3 is 1.98 bits per heavy atom. The number of benzene rings is 2. The molecule has 21 heteroatoms. The van der Waals surface area contributed by atoms with Crippen LogP contribution in [-0.2, 0) is 9.59 Å². The second-order valence-corrected chi connectivity index (χ2v) is 9.94. The maximum atomic E-state index is 12.7. The number of alkyl halides is 6. The highest BCUT2D eigenvalue weighted by molar-refractivity contribution is 6.04. The number of hydrogen-bond donors (Lipinski definition) is 6. The summed E-state index contributed by atoms with van der Waals surface area (Å²) in [6.45, 7) is 1.98. The topological polar surface area (TPSA) is 249 Å². The summed E-state index contributed by atoms with van der Waals surface area (Å²) in [6, 6.07) is 11.0. The van der Waals surface area contributed by atoms with E-state index >= 15 is 0 Å². The minimum atomic E-state index is -5.08. The predicted molar refractivity (Wildman–Crippen MR) is 158 cm³/mol. The number of aliphatic carboxylic acids is 2. The fourth-order valence-electron chi connectivity index (χ4n) is 4.12. The van der Waals surface area contributed by atoms with Crippen molar-refractivity contribution < 1.29 is 55.9 Å². The maximum Gasteiger partial charge on any atom is 0.490 e. The molecule has 0 aliphatic heterocycles. The number of nitrogens with zero attached hydrogens (tertiary/aromatic N) is 4. The van der Waals surface area contributed by atoms with Gasteiger partial charge in [0, 0.05) is 23.1 Å². The number of aliphatic imine (C=N–C) groups is 1. The number of anilines is 2. The number of amides is 1. The van der Waals surface area contributed by atoms with Gasteiger partial charge in [0.1, 0.15) is 5.82 Å². The van der Waals surface area contributed by atoms with E-state index in [9.17, 15) is 41.3 Å². The molecule has 8 N–H and O–H groups in total. The highest BCUT2D eigenvalue weighted by atomic mass is 19.4. The molecule has 1 amide bonds. The van der Waals surface area contributed by atoms with Crippen molar-refractivity contribution in [1.82, 2.24) is 9.97 Å². The average molecular weight is 691 g/mol. The molecule has 2 aromatic carbocycles. The van der Waals surface area contributed by atoms with Crippen LogP contribution in [0.2, 0.25) is 0 Å². The van der Waals surface area contributed by atoms with Crippen molar-refractivity contribution >= 4 is 52.2 Å². The quantitative estimate of drug-likeness (QED) is 0.0694. The summed E-state index contributed by atoms with van der Waals surface area (Å²) in [6.07, 6.45) is -6.34. The molecular formula is C27H28F6N8O7. The third-order valence-corrected chi connectivity index (χ3v) is 6.27. The maximum absolute atomic E-state index is 12.7. The molecule has 4 rings (SSSR count). The van der Waals surface area contributed by atoms with E-state index in [1.54, 1.807) is 0 Å². The number of guanidine groups is 1. The molecule has 2 atom stereocenters. The van der Waals surface area contributed by atoms with Gasteiger partial charge in [-0.05, 0) is 44.0 Å². The van der Waals surface area contributed by atoms with Crippen molar-refractivity contribution in [3.63, 3.8) is 0 Å². The predicted octanol–water partition coefficient (Wildman–Crippen LogP) is 4.36. The Morgan fingerprint density at radius 1 is 0.938 bits per heavy atom. The fraction of sp³-hybridized carbons (Fsp3) is 0.333. The minimum absolute atomic E-state index is 0.0207. The van der Waals surface area contributed by atoms with Crippen molar-refractivity contribution in [1.29, 1.82) is 0 Å². The largest absolute Gasteiger partial charge is 0.490 e. The molecule has 1 heterocycles. The number of carbonyl (C=O) groups is 3. The van der Waals surface area contributed by atoms with Gasteiger partial charge in [-0.1, -0.05) is 24.5 Å². The highest BCUT2D eigenvalue weighted by Gasteiger charge is 2.39. The third-order valence-electron chi connectivity index (χ3n) is 6.27. The standard InChI is InChI=1S/C23H26N8O3.2C2HF3O2/c1-13-6-11-17-16(12-13)20(26-18-4-2-3-5-19(18)27-22(24)25)29-23(28-17)30-21(32)14-7-9-15(10-8-14)31(33)34;2*3-2(4,5)1(6)7/h6-12,18-19H,2-5H2,1H3,(H4,24,25,27)(H2,26,28,29,30,32);2*(H,6,7). The summed E-state index contributed by atoms with van der Waals surface area (Å²) in [7, 11) is 0.